The first-order valence-corrected chi connectivity index (χ1v) is 11.1. The number of Topliss-reactive ketones (excluding diaryl/α,β-unsaturated/α-hetero) is 1. The molecular weight excluding hydrogens is 388 g/mol. The highest BCUT2D eigenvalue weighted by Crippen LogP contribution is 2.18. The zero-order chi connectivity index (χ0) is 22.1. The number of amides is 1. The third-order valence-corrected chi connectivity index (χ3v) is 5.55. The summed E-state index contributed by atoms with van der Waals surface area (Å²) in [7, 11) is 0. The molecule has 5 heteroatoms. The number of ether oxygens (including phenoxy) is 1. The first kappa shape index (κ1) is 22.6. The lowest BCUT2D eigenvalue weighted by Gasteiger charge is -2.35. The highest BCUT2D eigenvalue weighted by molar-refractivity contribution is 5.94. The van der Waals surface area contributed by atoms with Gasteiger partial charge in [-0.15, -0.1) is 0 Å². The molecule has 0 aromatic heterocycles. The molecule has 2 aromatic carbocycles. The zero-order valence-corrected chi connectivity index (χ0v) is 18.5. The Morgan fingerprint density at radius 3 is 2.23 bits per heavy atom. The molecule has 1 heterocycles. The Hall–Kier alpha value is -3.08. The molecule has 0 spiro atoms. The van der Waals surface area contributed by atoms with Crippen molar-refractivity contribution in [2.45, 2.75) is 33.1 Å². The monoisotopic (exact) mass is 420 g/mol. The number of anilines is 1. The van der Waals surface area contributed by atoms with Gasteiger partial charge in [0, 0.05) is 43.5 Å². The number of rotatable bonds is 9. The van der Waals surface area contributed by atoms with E-state index in [4.69, 9.17) is 4.74 Å². The van der Waals surface area contributed by atoms with Crippen molar-refractivity contribution in [3.8, 4) is 5.75 Å². The second-order valence-electron chi connectivity index (χ2n) is 7.87. The van der Waals surface area contributed by atoms with Gasteiger partial charge in [-0.05, 0) is 61.4 Å². The first-order valence-electron chi connectivity index (χ1n) is 11.1. The fourth-order valence-corrected chi connectivity index (χ4v) is 3.58. The maximum atomic E-state index is 12.6. The van der Waals surface area contributed by atoms with Crippen molar-refractivity contribution < 1.29 is 14.3 Å². The average molecular weight is 421 g/mol. The van der Waals surface area contributed by atoms with Gasteiger partial charge in [-0.2, -0.15) is 0 Å². The molecule has 5 nitrogen and oxygen atoms in total. The number of ketones is 1. The first-order chi connectivity index (χ1) is 15.1. The summed E-state index contributed by atoms with van der Waals surface area (Å²) in [5.41, 5.74) is 2.79. The summed E-state index contributed by atoms with van der Waals surface area (Å²) in [6, 6.07) is 15.5. The van der Waals surface area contributed by atoms with Gasteiger partial charge in [-0.3, -0.25) is 9.59 Å². The van der Waals surface area contributed by atoms with Crippen molar-refractivity contribution in [3.05, 3.63) is 65.7 Å². The van der Waals surface area contributed by atoms with Crippen LogP contribution >= 0.6 is 0 Å². The number of carbonyl (C=O) groups excluding carboxylic acids is 2. The molecule has 3 rings (SSSR count). The second kappa shape index (κ2) is 11.3. The van der Waals surface area contributed by atoms with E-state index in [1.165, 1.54) is 12.8 Å². The van der Waals surface area contributed by atoms with Crippen molar-refractivity contribution >= 4 is 23.5 Å². The van der Waals surface area contributed by atoms with Crippen LogP contribution in [0.1, 0.15) is 49.0 Å². The van der Waals surface area contributed by atoms with Crippen molar-refractivity contribution in [3.63, 3.8) is 0 Å². The molecule has 0 atom stereocenters. The number of benzene rings is 2. The molecule has 2 aromatic rings. The topological polar surface area (TPSA) is 49.9 Å². The Labute approximate surface area is 185 Å². The average Bonchev–Trinajstić information content (AvgIpc) is 2.81. The summed E-state index contributed by atoms with van der Waals surface area (Å²) in [6.07, 6.45) is 6.95. The van der Waals surface area contributed by atoms with E-state index in [-0.39, 0.29) is 11.7 Å². The van der Waals surface area contributed by atoms with Crippen LogP contribution in [0.2, 0.25) is 0 Å². The minimum atomic E-state index is 0.0338. The van der Waals surface area contributed by atoms with Gasteiger partial charge in [0.15, 0.2) is 5.78 Å². The Bertz CT molecular complexity index is 880. The summed E-state index contributed by atoms with van der Waals surface area (Å²) >= 11 is 0. The molecule has 1 aliphatic rings. The Kier molecular flexibility index (Phi) is 8.27. The quantitative estimate of drug-likeness (QED) is 0.332. The molecule has 164 valence electrons. The minimum absolute atomic E-state index is 0.0338. The van der Waals surface area contributed by atoms with E-state index < -0.39 is 0 Å². The summed E-state index contributed by atoms with van der Waals surface area (Å²) in [6.45, 7) is 7.42. The van der Waals surface area contributed by atoms with Crippen molar-refractivity contribution in [2.24, 2.45) is 0 Å². The number of unbranched alkanes of at least 4 members (excludes halogenated alkanes) is 2. The molecule has 31 heavy (non-hydrogen) atoms. The summed E-state index contributed by atoms with van der Waals surface area (Å²) in [5, 5.41) is 0. The molecule has 1 amide bonds. The lowest BCUT2D eigenvalue weighted by atomic mass is 10.1. The number of carbonyl (C=O) groups is 2. The van der Waals surface area contributed by atoms with Crippen LogP contribution in [-0.2, 0) is 4.79 Å². The number of hydrogen-bond acceptors (Lipinski definition) is 4. The van der Waals surface area contributed by atoms with Gasteiger partial charge in [0.05, 0.1) is 6.61 Å². The molecule has 0 N–H and O–H groups in total. The lowest BCUT2D eigenvalue weighted by Crippen LogP contribution is -2.48. The van der Waals surface area contributed by atoms with E-state index in [1.807, 2.05) is 59.5 Å². The van der Waals surface area contributed by atoms with Crippen molar-refractivity contribution in [1.82, 2.24) is 4.90 Å². The normalized spacial score (nSPS) is 14.1. The van der Waals surface area contributed by atoms with Crippen LogP contribution < -0.4 is 9.64 Å². The molecule has 0 saturated carbocycles. The highest BCUT2D eigenvalue weighted by atomic mass is 16.5. The number of piperazine rings is 1. The largest absolute Gasteiger partial charge is 0.494 e. The molecule has 1 aliphatic heterocycles. The minimum Gasteiger partial charge on any atom is -0.494 e. The number of nitrogens with zero attached hydrogens (tertiary/aromatic N) is 2. The van der Waals surface area contributed by atoms with E-state index in [0.717, 1.165) is 48.7 Å². The Morgan fingerprint density at radius 1 is 0.935 bits per heavy atom. The van der Waals surface area contributed by atoms with Gasteiger partial charge in [-0.1, -0.05) is 31.9 Å². The fraction of sp³-hybridized carbons (Fsp3) is 0.385. The standard InChI is InChI=1S/C26H32N2O3/c1-3-4-5-20-31-25-13-6-22(7-14-25)8-15-26(30)28-18-16-27(17-19-28)24-11-9-23(10-12-24)21(2)29/h6-15H,3-5,16-20H2,1-2H3/b15-8+. The third-order valence-electron chi connectivity index (χ3n) is 5.55. The zero-order valence-electron chi connectivity index (χ0n) is 18.5. The van der Waals surface area contributed by atoms with Crippen LogP contribution in [0.5, 0.6) is 5.75 Å². The summed E-state index contributed by atoms with van der Waals surface area (Å²) < 4.78 is 5.73. The SMILES string of the molecule is CCCCCOc1ccc(/C=C/C(=O)N2CCN(c3ccc(C(C)=O)cc3)CC2)cc1. The van der Waals surface area contributed by atoms with Crippen molar-refractivity contribution in [1.29, 1.82) is 0 Å². The predicted molar refractivity (Wildman–Crippen MR) is 126 cm³/mol. The molecular formula is C26H32N2O3. The Balaban J connectivity index is 1.46. The van der Waals surface area contributed by atoms with Gasteiger partial charge in [0.1, 0.15) is 5.75 Å². The van der Waals surface area contributed by atoms with E-state index in [9.17, 15) is 9.59 Å². The van der Waals surface area contributed by atoms with Gasteiger partial charge in [0.25, 0.3) is 0 Å². The van der Waals surface area contributed by atoms with Crippen molar-refractivity contribution in [2.75, 3.05) is 37.7 Å². The van der Waals surface area contributed by atoms with Crippen LogP contribution in [0, 0.1) is 0 Å². The Morgan fingerprint density at radius 2 is 1.61 bits per heavy atom. The smallest absolute Gasteiger partial charge is 0.246 e. The van der Waals surface area contributed by atoms with Gasteiger partial charge >= 0.3 is 0 Å². The van der Waals surface area contributed by atoms with E-state index in [1.54, 1.807) is 13.0 Å². The van der Waals surface area contributed by atoms with Crippen LogP contribution in [-0.4, -0.2) is 49.4 Å². The second-order valence-corrected chi connectivity index (χ2v) is 7.87. The molecule has 0 aliphatic carbocycles. The third kappa shape index (κ3) is 6.71. The van der Waals surface area contributed by atoms with Gasteiger partial charge in [0.2, 0.25) is 5.91 Å². The van der Waals surface area contributed by atoms with Crippen LogP contribution in [0.25, 0.3) is 6.08 Å². The van der Waals surface area contributed by atoms with E-state index >= 15 is 0 Å². The molecule has 0 bridgehead atoms. The highest BCUT2D eigenvalue weighted by Gasteiger charge is 2.19. The maximum absolute atomic E-state index is 12.6. The summed E-state index contributed by atoms with van der Waals surface area (Å²) in [4.78, 5) is 28.1. The molecule has 1 saturated heterocycles. The molecule has 0 radical (unpaired) electrons. The van der Waals surface area contributed by atoms with Gasteiger partial charge in [-0.25, -0.2) is 0 Å². The summed E-state index contributed by atoms with van der Waals surface area (Å²) in [5.74, 6) is 0.974. The molecule has 0 unspecified atom stereocenters. The maximum Gasteiger partial charge on any atom is 0.246 e. The number of hydrogen-bond donors (Lipinski definition) is 0. The van der Waals surface area contributed by atoms with Crippen LogP contribution in [0.4, 0.5) is 5.69 Å². The van der Waals surface area contributed by atoms with E-state index in [2.05, 4.69) is 11.8 Å². The predicted octanol–water partition coefficient (Wildman–Crippen LogP) is 4.82. The van der Waals surface area contributed by atoms with E-state index in [0.29, 0.717) is 13.1 Å². The fourth-order valence-electron chi connectivity index (χ4n) is 3.58. The lowest BCUT2D eigenvalue weighted by molar-refractivity contribution is -0.126. The van der Waals surface area contributed by atoms with Gasteiger partial charge < -0.3 is 14.5 Å². The molecule has 1 fully saturated rings. The van der Waals surface area contributed by atoms with Crippen LogP contribution in [0.15, 0.2) is 54.6 Å². The van der Waals surface area contributed by atoms with Crippen LogP contribution in [0.3, 0.4) is 0 Å².